The molecule has 0 radical (unpaired) electrons. The van der Waals surface area contributed by atoms with Crippen molar-refractivity contribution in [2.45, 2.75) is 31.8 Å². The van der Waals surface area contributed by atoms with Crippen LogP contribution in [0.25, 0.3) is 0 Å². The number of halogens is 1. The summed E-state index contributed by atoms with van der Waals surface area (Å²) in [6.07, 6.45) is 2.71. The molecule has 1 aromatic carbocycles. The van der Waals surface area contributed by atoms with Crippen molar-refractivity contribution >= 4 is 15.9 Å². The zero-order valence-electron chi connectivity index (χ0n) is 8.74. The van der Waals surface area contributed by atoms with E-state index in [4.69, 9.17) is 4.74 Å². The predicted molar refractivity (Wildman–Crippen MR) is 63.3 cm³/mol. The van der Waals surface area contributed by atoms with Crippen LogP contribution in [0, 0.1) is 0 Å². The molecule has 1 unspecified atom stereocenters. The summed E-state index contributed by atoms with van der Waals surface area (Å²) in [5.74, 6) is 1.04. The SMILES string of the molecule is CC(CO)c1cc(Br)ccc1OC1CC1. The molecule has 0 bridgehead atoms. The van der Waals surface area contributed by atoms with Crippen molar-refractivity contribution in [2.75, 3.05) is 6.61 Å². The highest BCUT2D eigenvalue weighted by molar-refractivity contribution is 9.10. The molecule has 1 aliphatic carbocycles. The van der Waals surface area contributed by atoms with Crippen LogP contribution in [0.3, 0.4) is 0 Å². The van der Waals surface area contributed by atoms with Crippen LogP contribution in [0.1, 0.15) is 31.2 Å². The Bertz CT molecular complexity index is 347. The molecule has 3 heteroatoms. The Morgan fingerprint density at radius 2 is 2.27 bits per heavy atom. The van der Waals surface area contributed by atoms with Gasteiger partial charge in [-0.1, -0.05) is 22.9 Å². The fourth-order valence-electron chi connectivity index (χ4n) is 1.48. The normalized spacial score (nSPS) is 17.5. The minimum absolute atomic E-state index is 0.122. The summed E-state index contributed by atoms with van der Waals surface area (Å²) in [4.78, 5) is 0. The van der Waals surface area contributed by atoms with Gasteiger partial charge in [0.2, 0.25) is 0 Å². The average molecular weight is 271 g/mol. The lowest BCUT2D eigenvalue weighted by Gasteiger charge is -2.15. The van der Waals surface area contributed by atoms with Crippen LogP contribution in [-0.2, 0) is 0 Å². The Labute approximate surface area is 98.4 Å². The lowest BCUT2D eigenvalue weighted by molar-refractivity contribution is 0.261. The molecule has 1 saturated carbocycles. The van der Waals surface area contributed by atoms with Gasteiger partial charge in [-0.3, -0.25) is 0 Å². The molecule has 0 saturated heterocycles. The molecule has 0 amide bonds. The van der Waals surface area contributed by atoms with E-state index >= 15 is 0 Å². The number of aliphatic hydroxyl groups is 1. The summed E-state index contributed by atoms with van der Waals surface area (Å²) in [5.41, 5.74) is 1.08. The number of hydrogen-bond donors (Lipinski definition) is 1. The number of aliphatic hydroxyl groups excluding tert-OH is 1. The minimum Gasteiger partial charge on any atom is -0.490 e. The van der Waals surface area contributed by atoms with Crippen LogP contribution in [0.15, 0.2) is 22.7 Å². The van der Waals surface area contributed by atoms with Crippen molar-refractivity contribution in [2.24, 2.45) is 0 Å². The highest BCUT2D eigenvalue weighted by Gasteiger charge is 2.25. The van der Waals surface area contributed by atoms with Gasteiger partial charge in [-0.15, -0.1) is 0 Å². The lowest BCUT2D eigenvalue weighted by atomic mass is 10.0. The second kappa shape index (κ2) is 4.54. The number of rotatable bonds is 4. The molecule has 2 rings (SSSR count). The fraction of sp³-hybridized carbons (Fsp3) is 0.500. The summed E-state index contributed by atoms with van der Waals surface area (Å²) in [6, 6.07) is 5.98. The summed E-state index contributed by atoms with van der Waals surface area (Å²) in [7, 11) is 0. The second-order valence-electron chi connectivity index (χ2n) is 4.08. The summed E-state index contributed by atoms with van der Waals surface area (Å²) >= 11 is 3.44. The van der Waals surface area contributed by atoms with Crippen molar-refractivity contribution in [3.05, 3.63) is 28.2 Å². The first-order valence-electron chi connectivity index (χ1n) is 5.27. The Hall–Kier alpha value is -0.540. The highest BCUT2D eigenvalue weighted by Crippen LogP contribution is 2.34. The van der Waals surface area contributed by atoms with Crippen LogP contribution >= 0.6 is 15.9 Å². The summed E-state index contributed by atoms with van der Waals surface area (Å²) in [6.45, 7) is 2.15. The first-order chi connectivity index (χ1) is 7.20. The zero-order chi connectivity index (χ0) is 10.8. The molecule has 0 heterocycles. The summed E-state index contributed by atoms with van der Waals surface area (Å²) in [5, 5.41) is 9.18. The molecular weight excluding hydrogens is 256 g/mol. The van der Waals surface area contributed by atoms with E-state index in [1.54, 1.807) is 0 Å². The van der Waals surface area contributed by atoms with Crippen molar-refractivity contribution in [1.29, 1.82) is 0 Å². The minimum atomic E-state index is 0.122. The Morgan fingerprint density at radius 3 is 2.87 bits per heavy atom. The molecule has 0 aromatic heterocycles. The third-order valence-electron chi connectivity index (χ3n) is 2.59. The van der Waals surface area contributed by atoms with E-state index in [1.165, 1.54) is 0 Å². The van der Waals surface area contributed by atoms with Gasteiger partial charge in [0.1, 0.15) is 5.75 Å². The molecule has 0 spiro atoms. The standard InChI is InChI=1S/C12H15BrO2/c1-8(7-14)11-6-9(13)2-5-12(11)15-10-3-4-10/h2,5-6,8,10,14H,3-4,7H2,1H3. The molecule has 1 N–H and O–H groups in total. The molecule has 82 valence electrons. The predicted octanol–water partition coefficient (Wildman–Crippen LogP) is 3.09. The summed E-state index contributed by atoms with van der Waals surface area (Å²) < 4.78 is 6.83. The van der Waals surface area contributed by atoms with E-state index in [0.29, 0.717) is 6.10 Å². The van der Waals surface area contributed by atoms with Gasteiger partial charge >= 0.3 is 0 Å². The van der Waals surface area contributed by atoms with Crippen molar-refractivity contribution in [3.8, 4) is 5.75 Å². The smallest absolute Gasteiger partial charge is 0.123 e. The van der Waals surface area contributed by atoms with E-state index in [2.05, 4.69) is 15.9 Å². The van der Waals surface area contributed by atoms with E-state index < -0.39 is 0 Å². The van der Waals surface area contributed by atoms with E-state index in [-0.39, 0.29) is 12.5 Å². The Balaban J connectivity index is 2.25. The van der Waals surface area contributed by atoms with Gasteiger partial charge in [0, 0.05) is 22.6 Å². The molecule has 0 aliphatic heterocycles. The maximum Gasteiger partial charge on any atom is 0.123 e. The van der Waals surface area contributed by atoms with Crippen LogP contribution in [-0.4, -0.2) is 17.8 Å². The van der Waals surface area contributed by atoms with Gasteiger partial charge in [0.05, 0.1) is 6.10 Å². The van der Waals surface area contributed by atoms with Crippen LogP contribution in [0.5, 0.6) is 5.75 Å². The van der Waals surface area contributed by atoms with Gasteiger partial charge in [0.15, 0.2) is 0 Å². The average Bonchev–Trinajstić information content (AvgIpc) is 3.03. The topological polar surface area (TPSA) is 29.5 Å². The molecule has 1 aliphatic rings. The van der Waals surface area contributed by atoms with Gasteiger partial charge in [-0.2, -0.15) is 0 Å². The zero-order valence-corrected chi connectivity index (χ0v) is 10.3. The molecule has 2 nitrogen and oxygen atoms in total. The Kier molecular flexibility index (Phi) is 3.32. The van der Waals surface area contributed by atoms with E-state index in [9.17, 15) is 5.11 Å². The van der Waals surface area contributed by atoms with Crippen LogP contribution < -0.4 is 4.74 Å². The van der Waals surface area contributed by atoms with Gasteiger partial charge in [-0.05, 0) is 31.0 Å². The number of ether oxygens (including phenoxy) is 1. The third kappa shape index (κ3) is 2.73. The van der Waals surface area contributed by atoms with Gasteiger partial charge in [-0.25, -0.2) is 0 Å². The third-order valence-corrected chi connectivity index (χ3v) is 3.09. The number of hydrogen-bond acceptors (Lipinski definition) is 2. The van der Waals surface area contributed by atoms with E-state index in [0.717, 1.165) is 28.6 Å². The van der Waals surface area contributed by atoms with Gasteiger partial charge < -0.3 is 9.84 Å². The first-order valence-corrected chi connectivity index (χ1v) is 6.07. The molecular formula is C12H15BrO2. The van der Waals surface area contributed by atoms with Crippen molar-refractivity contribution in [1.82, 2.24) is 0 Å². The molecule has 15 heavy (non-hydrogen) atoms. The fourth-order valence-corrected chi connectivity index (χ4v) is 1.85. The van der Waals surface area contributed by atoms with Crippen LogP contribution in [0.2, 0.25) is 0 Å². The maximum absolute atomic E-state index is 9.18. The molecule has 1 fully saturated rings. The van der Waals surface area contributed by atoms with E-state index in [1.807, 2.05) is 25.1 Å². The highest BCUT2D eigenvalue weighted by atomic mass is 79.9. The molecule has 1 atom stereocenters. The largest absolute Gasteiger partial charge is 0.490 e. The lowest BCUT2D eigenvalue weighted by Crippen LogP contribution is -2.05. The quantitative estimate of drug-likeness (QED) is 0.911. The monoisotopic (exact) mass is 270 g/mol. The van der Waals surface area contributed by atoms with Crippen molar-refractivity contribution < 1.29 is 9.84 Å². The Morgan fingerprint density at radius 1 is 1.53 bits per heavy atom. The maximum atomic E-state index is 9.18. The molecule has 1 aromatic rings. The van der Waals surface area contributed by atoms with Gasteiger partial charge in [0.25, 0.3) is 0 Å². The number of benzene rings is 1. The second-order valence-corrected chi connectivity index (χ2v) is 5.00. The first kappa shape index (κ1) is 11.0. The van der Waals surface area contributed by atoms with Crippen molar-refractivity contribution in [3.63, 3.8) is 0 Å². The van der Waals surface area contributed by atoms with Crippen LogP contribution in [0.4, 0.5) is 0 Å².